The van der Waals surface area contributed by atoms with Crippen molar-refractivity contribution >= 4 is 41.5 Å². The van der Waals surface area contributed by atoms with Crippen LogP contribution in [0.3, 0.4) is 0 Å². The Labute approximate surface area is 201 Å². The summed E-state index contributed by atoms with van der Waals surface area (Å²) in [5.41, 5.74) is 0.471. The second-order valence-corrected chi connectivity index (χ2v) is 7.83. The molecule has 1 aromatic rings. The van der Waals surface area contributed by atoms with Crippen molar-refractivity contribution in [3.63, 3.8) is 0 Å². The molecule has 0 atom stereocenters. The normalized spacial score (nSPS) is 13.6. The molecule has 0 radical (unpaired) electrons. The van der Waals surface area contributed by atoms with E-state index in [1.807, 2.05) is 39.0 Å². The number of guanidine groups is 1. The number of aliphatic imine (C=N–C) groups is 1. The number of hydrogen-bond acceptors (Lipinski definition) is 6. The molecule has 3 N–H and O–H groups in total. The van der Waals surface area contributed by atoms with Crippen LogP contribution < -0.4 is 25.4 Å². The summed E-state index contributed by atoms with van der Waals surface area (Å²) >= 11 is 0. The van der Waals surface area contributed by atoms with Crippen LogP contribution in [0.2, 0.25) is 0 Å². The first-order valence-electron chi connectivity index (χ1n) is 10.2. The first-order chi connectivity index (χ1) is 14.4. The average Bonchev–Trinajstić information content (AvgIpc) is 2.92. The largest absolute Gasteiger partial charge is 0.490 e. The fourth-order valence-corrected chi connectivity index (χ4v) is 2.61. The van der Waals surface area contributed by atoms with Gasteiger partial charge in [-0.3, -0.25) is 4.79 Å². The van der Waals surface area contributed by atoms with Crippen LogP contribution in [-0.2, 0) is 14.3 Å². The molecule has 1 aliphatic rings. The summed E-state index contributed by atoms with van der Waals surface area (Å²) in [6, 6.07) is 5.61. The molecule has 1 aromatic carbocycles. The van der Waals surface area contributed by atoms with Gasteiger partial charge in [-0.05, 0) is 32.9 Å². The van der Waals surface area contributed by atoms with Gasteiger partial charge in [-0.1, -0.05) is 0 Å². The maximum atomic E-state index is 12.1. The summed E-state index contributed by atoms with van der Waals surface area (Å²) in [4.78, 5) is 16.5. The summed E-state index contributed by atoms with van der Waals surface area (Å²) in [6.45, 7) is 9.13. The molecular formula is C21H35IN4O5. The molecule has 1 aliphatic heterocycles. The van der Waals surface area contributed by atoms with Crippen LogP contribution in [0.5, 0.6) is 11.5 Å². The third kappa shape index (κ3) is 11.4. The lowest BCUT2D eigenvalue weighted by atomic mass is 10.1. The highest BCUT2D eigenvalue weighted by molar-refractivity contribution is 14.0. The third-order valence-electron chi connectivity index (χ3n) is 3.88. The Bertz CT molecular complexity index is 710. The van der Waals surface area contributed by atoms with E-state index in [2.05, 4.69) is 20.9 Å². The summed E-state index contributed by atoms with van der Waals surface area (Å²) in [6.07, 6.45) is 0.845. The minimum atomic E-state index is -0.308. The summed E-state index contributed by atoms with van der Waals surface area (Å²) < 4.78 is 21.8. The SMILES string of the molecule is COCCOCCNC(=NCC(=O)NC(C)(C)C)Nc1ccc2c(c1)OCCCO2.I. The zero-order valence-corrected chi connectivity index (χ0v) is 21.1. The van der Waals surface area contributed by atoms with Crippen molar-refractivity contribution in [3.8, 4) is 11.5 Å². The maximum Gasteiger partial charge on any atom is 0.242 e. The van der Waals surface area contributed by atoms with Crippen LogP contribution in [-0.4, -0.2) is 70.6 Å². The molecule has 9 nitrogen and oxygen atoms in total. The Kier molecular flexibility index (Phi) is 12.6. The van der Waals surface area contributed by atoms with E-state index < -0.39 is 0 Å². The number of halogens is 1. The van der Waals surface area contributed by atoms with Gasteiger partial charge in [-0.15, -0.1) is 24.0 Å². The van der Waals surface area contributed by atoms with Gasteiger partial charge in [0.05, 0.1) is 33.0 Å². The van der Waals surface area contributed by atoms with Gasteiger partial charge in [-0.25, -0.2) is 4.99 Å². The standard InChI is InChI=1S/C21H34N4O5.HI/c1-21(2,3)25-19(26)15-23-20(22-8-11-28-13-12-27-4)24-16-6-7-17-18(14-16)30-10-5-9-29-17;/h6-7,14H,5,8-13,15H2,1-4H3,(H,25,26)(H2,22,23,24);1H. The van der Waals surface area contributed by atoms with Gasteiger partial charge in [-0.2, -0.15) is 0 Å². The minimum Gasteiger partial charge on any atom is -0.490 e. The molecule has 0 saturated heterocycles. The molecule has 0 saturated carbocycles. The van der Waals surface area contributed by atoms with Crippen molar-refractivity contribution in [1.82, 2.24) is 10.6 Å². The Morgan fingerprint density at radius 3 is 2.58 bits per heavy atom. The number of carbonyl (C=O) groups is 1. The van der Waals surface area contributed by atoms with Crippen LogP contribution in [0.25, 0.3) is 0 Å². The first-order valence-corrected chi connectivity index (χ1v) is 10.2. The van der Waals surface area contributed by atoms with Crippen molar-refractivity contribution in [2.75, 3.05) is 58.6 Å². The molecular weight excluding hydrogens is 515 g/mol. The van der Waals surface area contributed by atoms with Gasteiger partial charge in [0.15, 0.2) is 17.5 Å². The van der Waals surface area contributed by atoms with E-state index in [1.54, 1.807) is 7.11 Å². The molecule has 0 unspecified atom stereocenters. The van der Waals surface area contributed by atoms with E-state index >= 15 is 0 Å². The quantitative estimate of drug-likeness (QED) is 0.188. The highest BCUT2D eigenvalue weighted by atomic mass is 127. The molecule has 0 aliphatic carbocycles. The predicted octanol–water partition coefficient (Wildman–Crippen LogP) is 2.40. The summed E-state index contributed by atoms with van der Waals surface area (Å²) in [5, 5.41) is 9.29. The summed E-state index contributed by atoms with van der Waals surface area (Å²) in [5.74, 6) is 1.73. The predicted molar refractivity (Wildman–Crippen MR) is 132 cm³/mol. The Morgan fingerprint density at radius 2 is 1.87 bits per heavy atom. The van der Waals surface area contributed by atoms with Crippen LogP contribution in [0.1, 0.15) is 27.2 Å². The maximum absolute atomic E-state index is 12.1. The van der Waals surface area contributed by atoms with Gasteiger partial charge in [0.2, 0.25) is 5.91 Å². The number of nitrogens with one attached hydrogen (secondary N) is 3. The molecule has 0 spiro atoms. The molecule has 10 heteroatoms. The number of nitrogens with zero attached hydrogens (tertiary/aromatic N) is 1. The fourth-order valence-electron chi connectivity index (χ4n) is 2.61. The van der Waals surface area contributed by atoms with E-state index in [0.29, 0.717) is 51.3 Å². The number of hydrogen-bond donors (Lipinski definition) is 3. The Hall–Kier alpha value is -1.79. The topological polar surface area (TPSA) is 102 Å². The highest BCUT2D eigenvalue weighted by Gasteiger charge is 2.14. The lowest BCUT2D eigenvalue weighted by Gasteiger charge is -2.20. The van der Waals surface area contributed by atoms with Gasteiger partial charge >= 0.3 is 0 Å². The number of amides is 1. The molecule has 1 amide bonds. The number of benzene rings is 1. The number of carbonyl (C=O) groups excluding carboxylic acids is 1. The van der Waals surface area contributed by atoms with Gasteiger partial charge in [0, 0.05) is 37.4 Å². The Balaban J connectivity index is 0.00000480. The van der Waals surface area contributed by atoms with E-state index in [0.717, 1.165) is 17.9 Å². The number of ether oxygens (including phenoxy) is 4. The molecule has 0 aromatic heterocycles. The number of fused-ring (bicyclic) bond motifs is 1. The molecule has 0 bridgehead atoms. The van der Waals surface area contributed by atoms with E-state index in [9.17, 15) is 4.79 Å². The van der Waals surface area contributed by atoms with Gasteiger partial charge in [0.1, 0.15) is 6.54 Å². The van der Waals surface area contributed by atoms with Crippen LogP contribution in [0.4, 0.5) is 5.69 Å². The van der Waals surface area contributed by atoms with Crippen LogP contribution in [0.15, 0.2) is 23.2 Å². The molecule has 176 valence electrons. The number of anilines is 1. The smallest absolute Gasteiger partial charge is 0.242 e. The third-order valence-corrected chi connectivity index (χ3v) is 3.88. The number of methoxy groups -OCH3 is 1. The molecule has 1 heterocycles. The fraction of sp³-hybridized carbons (Fsp3) is 0.619. The summed E-state index contributed by atoms with van der Waals surface area (Å²) in [7, 11) is 1.63. The Morgan fingerprint density at radius 1 is 1.13 bits per heavy atom. The van der Waals surface area contributed by atoms with Crippen molar-refractivity contribution < 1.29 is 23.7 Å². The van der Waals surface area contributed by atoms with Crippen molar-refractivity contribution in [3.05, 3.63) is 18.2 Å². The monoisotopic (exact) mass is 550 g/mol. The molecule has 31 heavy (non-hydrogen) atoms. The first kappa shape index (κ1) is 27.2. The highest BCUT2D eigenvalue weighted by Crippen LogP contribution is 2.32. The van der Waals surface area contributed by atoms with Crippen LogP contribution >= 0.6 is 24.0 Å². The molecule has 0 fully saturated rings. The zero-order valence-electron chi connectivity index (χ0n) is 18.8. The van der Waals surface area contributed by atoms with E-state index in [-0.39, 0.29) is 42.0 Å². The number of rotatable bonds is 9. The second-order valence-electron chi connectivity index (χ2n) is 7.83. The second kappa shape index (κ2) is 14.3. The van der Waals surface area contributed by atoms with Crippen molar-refractivity contribution in [1.29, 1.82) is 0 Å². The van der Waals surface area contributed by atoms with Crippen molar-refractivity contribution in [2.24, 2.45) is 4.99 Å². The lowest BCUT2D eigenvalue weighted by Crippen LogP contribution is -2.42. The van der Waals surface area contributed by atoms with Crippen molar-refractivity contribution in [2.45, 2.75) is 32.7 Å². The minimum absolute atomic E-state index is 0. The van der Waals surface area contributed by atoms with E-state index in [1.165, 1.54) is 0 Å². The van der Waals surface area contributed by atoms with E-state index in [4.69, 9.17) is 18.9 Å². The van der Waals surface area contributed by atoms with Gasteiger partial charge in [0.25, 0.3) is 0 Å². The molecule has 2 rings (SSSR count). The van der Waals surface area contributed by atoms with Gasteiger partial charge < -0.3 is 34.9 Å². The van der Waals surface area contributed by atoms with Crippen LogP contribution in [0, 0.1) is 0 Å². The average molecular weight is 550 g/mol. The zero-order chi connectivity index (χ0) is 21.8. The lowest BCUT2D eigenvalue weighted by molar-refractivity contribution is -0.121.